The fourth-order valence-corrected chi connectivity index (χ4v) is 3.93. The van der Waals surface area contributed by atoms with E-state index in [2.05, 4.69) is 16.6 Å². The summed E-state index contributed by atoms with van der Waals surface area (Å²) in [5.41, 5.74) is 5.95. The third-order valence-corrected chi connectivity index (χ3v) is 5.48. The zero-order chi connectivity index (χ0) is 12.7. The first kappa shape index (κ1) is 12.6. The lowest BCUT2D eigenvalue weighted by molar-refractivity contribution is 0.521. The number of aromatic nitrogens is 1. The molecule has 2 rings (SSSR count). The summed E-state index contributed by atoms with van der Waals surface area (Å²) in [6.07, 6.45) is 4.69. The average Bonchev–Trinajstić information content (AvgIpc) is 2.92. The van der Waals surface area contributed by atoms with E-state index in [1.165, 1.54) is 12.8 Å². The molecule has 0 radical (unpaired) electrons. The van der Waals surface area contributed by atoms with Gasteiger partial charge in [-0.05, 0) is 36.2 Å². The smallest absolute Gasteiger partial charge is 0.182 e. The number of hydrogen-bond donors (Lipinski definition) is 2. The molecule has 7 heteroatoms. The van der Waals surface area contributed by atoms with Gasteiger partial charge in [-0.1, -0.05) is 6.92 Å². The summed E-state index contributed by atoms with van der Waals surface area (Å²) >= 11 is 1.12. The molecule has 1 aliphatic rings. The minimum atomic E-state index is -3.31. The van der Waals surface area contributed by atoms with E-state index in [1.54, 1.807) is 0 Å². The summed E-state index contributed by atoms with van der Waals surface area (Å²) < 4.78 is 27.1. The summed E-state index contributed by atoms with van der Waals surface area (Å²) in [5.74, 6) is 0.0985. The maximum absolute atomic E-state index is 11.6. The highest BCUT2D eigenvalue weighted by molar-refractivity contribution is 7.91. The monoisotopic (exact) mass is 275 g/mol. The van der Waals surface area contributed by atoms with Crippen LogP contribution in [-0.2, 0) is 9.84 Å². The molecule has 0 aromatic carbocycles. The molecule has 5 nitrogen and oxygen atoms in total. The molecule has 1 fully saturated rings. The van der Waals surface area contributed by atoms with Crippen molar-refractivity contribution in [1.82, 2.24) is 4.37 Å². The second-order valence-corrected chi connectivity index (χ2v) is 7.43. The highest BCUT2D eigenvalue weighted by atomic mass is 32.2. The van der Waals surface area contributed by atoms with E-state index in [4.69, 9.17) is 5.73 Å². The van der Waals surface area contributed by atoms with Gasteiger partial charge in [0.1, 0.15) is 9.90 Å². The standard InChI is InChI=1S/C10H17N3O2S2/c1-3-10(4-5-10)6-12-9-7(17(2,14)15)8(11)13-16-9/h12H,3-6H2,1-2H3,(H2,11,13). The molecule has 96 valence electrons. The summed E-state index contributed by atoms with van der Waals surface area (Å²) in [6, 6.07) is 0. The summed E-state index contributed by atoms with van der Waals surface area (Å²) in [6.45, 7) is 2.96. The Bertz CT molecular complexity index is 518. The Kier molecular flexibility index (Phi) is 3.07. The Morgan fingerprint density at radius 1 is 1.53 bits per heavy atom. The average molecular weight is 275 g/mol. The molecule has 0 atom stereocenters. The molecule has 1 heterocycles. The zero-order valence-electron chi connectivity index (χ0n) is 9.99. The van der Waals surface area contributed by atoms with Gasteiger partial charge >= 0.3 is 0 Å². The molecule has 1 aliphatic carbocycles. The number of nitrogens with two attached hydrogens (primary N) is 1. The van der Waals surface area contributed by atoms with E-state index < -0.39 is 9.84 Å². The van der Waals surface area contributed by atoms with Crippen molar-refractivity contribution in [2.45, 2.75) is 31.1 Å². The first-order valence-electron chi connectivity index (χ1n) is 5.57. The van der Waals surface area contributed by atoms with Crippen LogP contribution in [0.2, 0.25) is 0 Å². The van der Waals surface area contributed by atoms with E-state index in [1.807, 2.05) is 0 Å². The predicted octanol–water partition coefficient (Wildman–Crippen LogP) is 1.73. The van der Waals surface area contributed by atoms with Gasteiger partial charge in [0.2, 0.25) is 0 Å². The van der Waals surface area contributed by atoms with Gasteiger partial charge in [-0.2, -0.15) is 4.37 Å². The Morgan fingerprint density at radius 3 is 2.65 bits per heavy atom. The molecule has 0 bridgehead atoms. The quantitative estimate of drug-likeness (QED) is 0.855. The second-order valence-electron chi connectivity index (χ2n) is 4.71. The van der Waals surface area contributed by atoms with Crippen molar-refractivity contribution >= 4 is 32.2 Å². The van der Waals surface area contributed by atoms with Crippen LogP contribution in [0.4, 0.5) is 10.8 Å². The van der Waals surface area contributed by atoms with Crippen LogP contribution in [-0.4, -0.2) is 25.6 Å². The fourth-order valence-electron chi connectivity index (χ4n) is 1.86. The van der Waals surface area contributed by atoms with Crippen LogP contribution < -0.4 is 11.1 Å². The minimum absolute atomic E-state index is 0.0985. The zero-order valence-corrected chi connectivity index (χ0v) is 11.6. The SMILES string of the molecule is CCC1(CNc2snc(N)c2S(C)(=O)=O)CC1. The van der Waals surface area contributed by atoms with Crippen molar-refractivity contribution < 1.29 is 8.42 Å². The van der Waals surface area contributed by atoms with Crippen LogP contribution in [0.3, 0.4) is 0 Å². The highest BCUT2D eigenvalue weighted by Crippen LogP contribution is 2.49. The lowest BCUT2D eigenvalue weighted by Crippen LogP contribution is -2.15. The second kappa shape index (κ2) is 4.13. The number of hydrogen-bond acceptors (Lipinski definition) is 6. The van der Waals surface area contributed by atoms with Crippen LogP contribution in [0, 0.1) is 5.41 Å². The van der Waals surface area contributed by atoms with Crippen molar-refractivity contribution in [1.29, 1.82) is 0 Å². The molecule has 1 saturated carbocycles. The number of anilines is 2. The Balaban J connectivity index is 2.17. The third-order valence-electron chi connectivity index (χ3n) is 3.38. The van der Waals surface area contributed by atoms with Crippen molar-refractivity contribution in [2.24, 2.45) is 5.41 Å². The molecule has 3 N–H and O–H groups in total. The number of rotatable bonds is 5. The summed E-state index contributed by atoms with van der Waals surface area (Å²) in [7, 11) is -3.31. The number of nitrogen functional groups attached to an aromatic ring is 1. The Labute approximate surface area is 105 Å². The van der Waals surface area contributed by atoms with Crippen LogP contribution in [0.25, 0.3) is 0 Å². The highest BCUT2D eigenvalue weighted by Gasteiger charge is 2.40. The van der Waals surface area contributed by atoms with Gasteiger partial charge in [-0.3, -0.25) is 0 Å². The predicted molar refractivity (Wildman–Crippen MR) is 70.1 cm³/mol. The normalized spacial score (nSPS) is 18.0. The largest absolute Gasteiger partial charge is 0.382 e. The van der Waals surface area contributed by atoms with Gasteiger partial charge in [0.05, 0.1) is 0 Å². The van der Waals surface area contributed by atoms with Gasteiger partial charge in [-0.15, -0.1) is 0 Å². The Morgan fingerprint density at radius 2 is 2.18 bits per heavy atom. The lowest BCUT2D eigenvalue weighted by Gasteiger charge is -2.13. The van der Waals surface area contributed by atoms with Gasteiger partial charge < -0.3 is 11.1 Å². The molecule has 0 amide bonds. The van der Waals surface area contributed by atoms with E-state index >= 15 is 0 Å². The number of nitrogens with one attached hydrogen (secondary N) is 1. The van der Waals surface area contributed by atoms with E-state index in [-0.39, 0.29) is 10.7 Å². The van der Waals surface area contributed by atoms with Gasteiger partial charge in [0.15, 0.2) is 15.7 Å². The lowest BCUT2D eigenvalue weighted by atomic mass is 10.0. The minimum Gasteiger partial charge on any atom is -0.382 e. The molecule has 17 heavy (non-hydrogen) atoms. The summed E-state index contributed by atoms with van der Waals surface area (Å²) in [4.78, 5) is 0.148. The molecule has 1 aromatic heterocycles. The van der Waals surface area contributed by atoms with Crippen LogP contribution >= 0.6 is 11.5 Å². The van der Waals surface area contributed by atoms with E-state index in [0.717, 1.165) is 30.8 Å². The molecular weight excluding hydrogens is 258 g/mol. The topological polar surface area (TPSA) is 85.1 Å². The maximum Gasteiger partial charge on any atom is 0.182 e. The fraction of sp³-hybridized carbons (Fsp3) is 0.700. The summed E-state index contributed by atoms with van der Waals surface area (Å²) in [5, 5.41) is 3.76. The molecule has 0 aliphatic heterocycles. The van der Waals surface area contributed by atoms with Crippen LogP contribution in [0.15, 0.2) is 4.90 Å². The van der Waals surface area contributed by atoms with Crippen molar-refractivity contribution in [3.05, 3.63) is 0 Å². The van der Waals surface area contributed by atoms with Crippen molar-refractivity contribution in [3.63, 3.8) is 0 Å². The molecular formula is C10H17N3O2S2. The first-order valence-corrected chi connectivity index (χ1v) is 8.23. The third kappa shape index (κ3) is 2.55. The van der Waals surface area contributed by atoms with Gasteiger partial charge in [0.25, 0.3) is 0 Å². The molecule has 0 saturated heterocycles. The van der Waals surface area contributed by atoms with E-state index in [0.29, 0.717) is 10.4 Å². The van der Waals surface area contributed by atoms with Crippen LogP contribution in [0.5, 0.6) is 0 Å². The van der Waals surface area contributed by atoms with Crippen molar-refractivity contribution in [3.8, 4) is 0 Å². The van der Waals surface area contributed by atoms with Crippen LogP contribution in [0.1, 0.15) is 26.2 Å². The maximum atomic E-state index is 11.6. The molecule has 0 unspecified atom stereocenters. The molecule has 1 aromatic rings. The number of sulfone groups is 1. The molecule has 0 spiro atoms. The van der Waals surface area contributed by atoms with Gasteiger partial charge in [0, 0.05) is 12.8 Å². The van der Waals surface area contributed by atoms with Gasteiger partial charge in [-0.25, -0.2) is 8.42 Å². The Hall–Kier alpha value is -0.820. The number of nitrogens with zero attached hydrogens (tertiary/aromatic N) is 1. The van der Waals surface area contributed by atoms with E-state index in [9.17, 15) is 8.42 Å². The first-order chi connectivity index (χ1) is 7.88. The van der Waals surface area contributed by atoms with Crippen molar-refractivity contribution in [2.75, 3.05) is 23.9 Å².